The lowest BCUT2D eigenvalue weighted by Gasteiger charge is -2.37. The SMILES string of the molecule is Cc1nc(N2CCN(C(C)C)CC2)ccc1Cn1cc(C(=O)NCc2cc(Cl)ccc2-n2cnnn2)cn1. The molecule has 198 valence electrons. The predicted octanol–water partition coefficient (Wildman–Crippen LogP) is 2.72. The molecule has 0 atom stereocenters. The molecule has 1 fully saturated rings. The van der Waals surface area contributed by atoms with Crippen molar-refractivity contribution < 1.29 is 4.79 Å². The maximum atomic E-state index is 12.9. The van der Waals surface area contributed by atoms with Crippen molar-refractivity contribution >= 4 is 23.3 Å². The molecule has 1 amide bonds. The number of rotatable bonds is 8. The Labute approximate surface area is 226 Å². The van der Waals surface area contributed by atoms with Crippen LogP contribution >= 0.6 is 11.6 Å². The number of halogens is 1. The maximum absolute atomic E-state index is 12.9. The second kappa shape index (κ2) is 11.3. The number of aromatic nitrogens is 7. The number of pyridine rings is 1. The highest BCUT2D eigenvalue weighted by atomic mass is 35.5. The van der Waals surface area contributed by atoms with E-state index in [2.05, 4.69) is 61.7 Å². The van der Waals surface area contributed by atoms with Crippen LogP contribution in [0.2, 0.25) is 5.02 Å². The van der Waals surface area contributed by atoms with E-state index in [1.807, 2.05) is 13.0 Å². The standard InChI is InChI=1S/C26H31ClN10O/c1-18(2)34-8-10-35(11-9-34)25-7-4-20(19(3)31-25)15-36-16-22(14-30-36)26(38)28-13-21-12-23(27)5-6-24(21)37-17-29-32-33-37/h4-7,12,14,16-18H,8-11,13,15H2,1-3H3,(H,28,38). The summed E-state index contributed by atoms with van der Waals surface area (Å²) in [7, 11) is 0. The lowest BCUT2D eigenvalue weighted by molar-refractivity contribution is 0.0951. The van der Waals surface area contributed by atoms with Gasteiger partial charge in [-0.1, -0.05) is 17.7 Å². The van der Waals surface area contributed by atoms with Crippen molar-refractivity contribution in [3.63, 3.8) is 0 Å². The van der Waals surface area contributed by atoms with Crippen molar-refractivity contribution in [3.8, 4) is 5.69 Å². The van der Waals surface area contributed by atoms with Gasteiger partial charge in [-0.3, -0.25) is 14.4 Å². The van der Waals surface area contributed by atoms with E-state index in [9.17, 15) is 4.79 Å². The van der Waals surface area contributed by atoms with Crippen LogP contribution in [0.15, 0.2) is 49.1 Å². The van der Waals surface area contributed by atoms with E-state index in [1.165, 1.54) is 11.0 Å². The van der Waals surface area contributed by atoms with Gasteiger partial charge in [-0.25, -0.2) is 9.67 Å². The number of benzene rings is 1. The first-order valence-electron chi connectivity index (χ1n) is 12.7. The van der Waals surface area contributed by atoms with Crippen molar-refractivity contribution in [2.24, 2.45) is 0 Å². The minimum atomic E-state index is -0.232. The van der Waals surface area contributed by atoms with E-state index in [1.54, 1.807) is 29.2 Å². The van der Waals surface area contributed by atoms with Gasteiger partial charge in [0.2, 0.25) is 0 Å². The van der Waals surface area contributed by atoms with Crippen molar-refractivity contribution in [3.05, 3.63) is 76.5 Å². The Balaban J connectivity index is 1.20. The molecule has 0 radical (unpaired) electrons. The Hall–Kier alpha value is -3.83. The Morgan fingerprint density at radius 2 is 1.92 bits per heavy atom. The summed E-state index contributed by atoms with van der Waals surface area (Å²) >= 11 is 6.18. The van der Waals surface area contributed by atoms with Gasteiger partial charge < -0.3 is 10.2 Å². The number of aryl methyl sites for hydroxylation is 1. The average molecular weight is 535 g/mol. The van der Waals surface area contributed by atoms with Crippen LogP contribution in [-0.4, -0.2) is 78.0 Å². The van der Waals surface area contributed by atoms with E-state index in [-0.39, 0.29) is 12.5 Å². The molecule has 1 aromatic carbocycles. The van der Waals surface area contributed by atoms with Crippen molar-refractivity contribution in [2.45, 2.75) is 39.9 Å². The van der Waals surface area contributed by atoms with Crippen LogP contribution in [0.4, 0.5) is 5.82 Å². The van der Waals surface area contributed by atoms with E-state index in [0.717, 1.165) is 54.5 Å². The molecule has 0 bridgehead atoms. The van der Waals surface area contributed by atoms with Crippen molar-refractivity contribution in [2.75, 3.05) is 31.1 Å². The lowest BCUT2D eigenvalue weighted by Crippen LogP contribution is -2.49. The van der Waals surface area contributed by atoms with Crippen LogP contribution in [-0.2, 0) is 13.1 Å². The molecule has 0 unspecified atom stereocenters. The third kappa shape index (κ3) is 5.84. The summed E-state index contributed by atoms with van der Waals surface area (Å²) in [6.07, 6.45) is 4.81. The molecule has 0 aliphatic carbocycles. The Bertz CT molecular complexity index is 1390. The second-order valence-electron chi connectivity index (χ2n) is 9.67. The summed E-state index contributed by atoms with van der Waals surface area (Å²) in [4.78, 5) is 22.6. The van der Waals surface area contributed by atoms with Crippen LogP contribution in [0.1, 0.15) is 41.0 Å². The number of nitrogens with zero attached hydrogens (tertiary/aromatic N) is 9. The number of tetrazole rings is 1. The van der Waals surface area contributed by atoms with E-state index >= 15 is 0 Å². The Kier molecular flexibility index (Phi) is 7.66. The summed E-state index contributed by atoms with van der Waals surface area (Å²) < 4.78 is 3.29. The van der Waals surface area contributed by atoms with Crippen LogP contribution in [0.25, 0.3) is 5.69 Å². The molecule has 1 N–H and O–H groups in total. The zero-order valence-electron chi connectivity index (χ0n) is 21.7. The topological polar surface area (TPSA) is 110 Å². The number of amides is 1. The van der Waals surface area contributed by atoms with Gasteiger partial charge in [0.05, 0.1) is 24.0 Å². The van der Waals surface area contributed by atoms with Gasteiger partial charge in [-0.2, -0.15) is 5.10 Å². The van der Waals surface area contributed by atoms with Crippen LogP contribution in [0.5, 0.6) is 0 Å². The molecule has 3 aromatic heterocycles. The number of nitrogens with one attached hydrogen (secondary N) is 1. The number of hydrogen-bond donors (Lipinski definition) is 1. The second-order valence-corrected chi connectivity index (χ2v) is 10.1. The molecule has 38 heavy (non-hydrogen) atoms. The quantitative estimate of drug-likeness (QED) is 0.367. The predicted molar refractivity (Wildman–Crippen MR) is 145 cm³/mol. The minimum Gasteiger partial charge on any atom is -0.354 e. The van der Waals surface area contributed by atoms with Gasteiger partial charge in [0.15, 0.2) is 0 Å². The van der Waals surface area contributed by atoms with Gasteiger partial charge >= 0.3 is 0 Å². The average Bonchev–Trinajstić information content (AvgIpc) is 3.61. The normalized spacial score (nSPS) is 14.3. The molecule has 0 saturated carbocycles. The zero-order chi connectivity index (χ0) is 26.6. The molecule has 0 spiro atoms. The summed E-state index contributed by atoms with van der Waals surface area (Å²) in [6.45, 7) is 11.4. The smallest absolute Gasteiger partial charge is 0.254 e. The number of piperazine rings is 1. The van der Waals surface area contributed by atoms with Gasteiger partial charge in [-0.15, -0.1) is 5.10 Å². The number of carbonyl (C=O) groups excluding carboxylic acids is 1. The first kappa shape index (κ1) is 25.8. The fraction of sp³-hybridized carbons (Fsp3) is 0.385. The van der Waals surface area contributed by atoms with Crippen LogP contribution in [0, 0.1) is 6.92 Å². The number of hydrogen-bond acceptors (Lipinski definition) is 8. The molecule has 1 aliphatic rings. The third-order valence-corrected chi connectivity index (χ3v) is 7.09. The van der Waals surface area contributed by atoms with Crippen molar-refractivity contribution in [1.82, 2.24) is 45.2 Å². The van der Waals surface area contributed by atoms with Gasteiger partial charge in [0, 0.05) is 55.7 Å². The molecule has 12 heteroatoms. The maximum Gasteiger partial charge on any atom is 0.254 e. The summed E-state index contributed by atoms with van der Waals surface area (Å²) in [5, 5.41) is 19.2. The fourth-order valence-corrected chi connectivity index (χ4v) is 4.79. The summed E-state index contributed by atoms with van der Waals surface area (Å²) in [5.41, 5.74) is 4.03. The molecule has 1 aliphatic heterocycles. The lowest BCUT2D eigenvalue weighted by atomic mass is 10.1. The minimum absolute atomic E-state index is 0.232. The summed E-state index contributed by atoms with van der Waals surface area (Å²) in [5.74, 6) is 0.780. The summed E-state index contributed by atoms with van der Waals surface area (Å²) in [6, 6.07) is 10.1. The third-order valence-electron chi connectivity index (χ3n) is 6.85. The van der Waals surface area contributed by atoms with E-state index < -0.39 is 0 Å². The Morgan fingerprint density at radius 3 is 2.63 bits per heavy atom. The largest absolute Gasteiger partial charge is 0.354 e. The number of carbonyl (C=O) groups is 1. The highest BCUT2D eigenvalue weighted by molar-refractivity contribution is 6.30. The van der Waals surface area contributed by atoms with Crippen LogP contribution < -0.4 is 10.2 Å². The van der Waals surface area contributed by atoms with Gasteiger partial charge in [-0.05, 0) is 66.6 Å². The number of anilines is 1. The van der Waals surface area contributed by atoms with E-state index in [0.29, 0.717) is 23.2 Å². The molecule has 4 heterocycles. The monoisotopic (exact) mass is 534 g/mol. The van der Waals surface area contributed by atoms with Crippen molar-refractivity contribution in [1.29, 1.82) is 0 Å². The molecular weight excluding hydrogens is 504 g/mol. The van der Waals surface area contributed by atoms with E-state index in [4.69, 9.17) is 16.6 Å². The molecule has 5 rings (SSSR count). The zero-order valence-corrected chi connectivity index (χ0v) is 22.5. The highest BCUT2D eigenvalue weighted by Gasteiger charge is 2.20. The van der Waals surface area contributed by atoms with Crippen LogP contribution in [0.3, 0.4) is 0 Å². The first-order chi connectivity index (χ1) is 18.4. The Morgan fingerprint density at radius 1 is 1.11 bits per heavy atom. The molecular formula is C26H31ClN10O. The molecule has 4 aromatic rings. The first-order valence-corrected chi connectivity index (χ1v) is 13.0. The molecule has 1 saturated heterocycles. The van der Waals surface area contributed by atoms with Gasteiger partial charge in [0.25, 0.3) is 5.91 Å². The molecule has 11 nitrogen and oxygen atoms in total. The fourth-order valence-electron chi connectivity index (χ4n) is 4.60. The van der Waals surface area contributed by atoms with Gasteiger partial charge in [0.1, 0.15) is 12.1 Å². The highest BCUT2D eigenvalue weighted by Crippen LogP contribution is 2.20.